The number of pyridine rings is 1. The highest BCUT2D eigenvalue weighted by Crippen LogP contribution is 2.22. The smallest absolute Gasteiger partial charge is 0.328 e. The molecule has 112 valence electrons. The lowest BCUT2D eigenvalue weighted by Gasteiger charge is -2.17. The fraction of sp³-hybridized carbons (Fsp3) is 0.400. The van der Waals surface area contributed by atoms with Crippen LogP contribution in [0.4, 0.5) is 0 Å². The molecule has 1 aliphatic heterocycles. The van der Waals surface area contributed by atoms with Crippen LogP contribution >= 0.6 is 0 Å². The summed E-state index contributed by atoms with van der Waals surface area (Å²) < 4.78 is 0. The highest BCUT2D eigenvalue weighted by molar-refractivity contribution is 5.97. The van der Waals surface area contributed by atoms with Gasteiger partial charge >= 0.3 is 5.97 Å². The number of amides is 1. The van der Waals surface area contributed by atoms with Gasteiger partial charge in [0.25, 0.3) is 5.91 Å². The monoisotopic (exact) mass is 290 g/mol. The Morgan fingerprint density at radius 2 is 2.29 bits per heavy atom. The topological polar surface area (TPSA) is 90.7 Å². The highest BCUT2D eigenvalue weighted by Gasteiger charge is 2.28. The molecule has 6 nitrogen and oxygen atoms in total. The summed E-state index contributed by atoms with van der Waals surface area (Å²) in [4.78, 5) is 28.9. The van der Waals surface area contributed by atoms with Crippen LogP contribution in [-0.4, -0.2) is 51.7 Å². The summed E-state index contributed by atoms with van der Waals surface area (Å²) in [6, 6.07) is 3.33. The van der Waals surface area contributed by atoms with Crippen molar-refractivity contribution in [1.29, 1.82) is 0 Å². The molecule has 1 saturated heterocycles. The van der Waals surface area contributed by atoms with Crippen LogP contribution in [-0.2, 0) is 4.79 Å². The number of nitrogens with zero attached hydrogens (tertiary/aromatic N) is 2. The zero-order valence-electron chi connectivity index (χ0n) is 11.6. The summed E-state index contributed by atoms with van der Waals surface area (Å²) in [6.07, 6.45) is 5.46. The van der Waals surface area contributed by atoms with Gasteiger partial charge in [-0.2, -0.15) is 0 Å². The van der Waals surface area contributed by atoms with Crippen LogP contribution in [0.15, 0.2) is 24.4 Å². The van der Waals surface area contributed by atoms with Gasteiger partial charge in [-0.15, -0.1) is 0 Å². The van der Waals surface area contributed by atoms with Crippen LogP contribution in [0.2, 0.25) is 0 Å². The lowest BCUT2D eigenvalue weighted by Crippen LogP contribution is -2.30. The third-order valence-corrected chi connectivity index (χ3v) is 3.56. The molecule has 0 aliphatic carbocycles. The number of aliphatic hydroxyl groups is 1. The first-order chi connectivity index (χ1) is 10.1. The molecule has 1 unspecified atom stereocenters. The Morgan fingerprint density at radius 1 is 1.48 bits per heavy atom. The molecule has 0 saturated carbocycles. The maximum atomic E-state index is 12.5. The number of rotatable bonds is 5. The standard InChI is InChI=1S/C15H18N2O4/c18-9-6-11-5-8-17(10-11)15(21)14-12(2-1-7-16-14)3-4-13(19)20/h1-4,7,11,18H,5-6,8-10H2,(H,19,20)/b4-3+. The Kier molecular flexibility index (Phi) is 5.05. The molecule has 2 N–H and O–H groups in total. The minimum Gasteiger partial charge on any atom is -0.478 e. The fourth-order valence-corrected chi connectivity index (χ4v) is 2.48. The zero-order valence-corrected chi connectivity index (χ0v) is 11.6. The first kappa shape index (κ1) is 15.2. The van der Waals surface area contributed by atoms with Gasteiger partial charge in [0, 0.05) is 37.5 Å². The first-order valence-electron chi connectivity index (χ1n) is 6.88. The number of hydrogen-bond donors (Lipinski definition) is 2. The van der Waals surface area contributed by atoms with Crippen LogP contribution in [0.3, 0.4) is 0 Å². The van der Waals surface area contributed by atoms with Crippen molar-refractivity contribution < 1.29 is 19.8 Å². The average Bonchev–Trinajstić information content (AvgIpc) is 2.94. The van der Waals surface area contributed by atoms with Gasteiger partial charge in [-0.1, -0.05) is 6.07 Å². The lowest BCUT2D eigenvalue weighted by molar-refractivity contribution is -0.131. The second-order valence-electron chi connectivity index (χ2n) is 5.03. The molecule has 21 heavy (non-hydrogen) atoms. The van der Waals surface area contributed by atoms with E-state index in [9.17, 15) is 9.59 Å². The van der Waals surface area contributed by atoms with Gasteiger partial charge in [-0.25, -0.2) is 4.79 Å². The molecule has 1 aromatic heterocycles. The van der Waals surface area contributed by atoms with Crippen molar-refractivity contribution >= 4 is 18.0 Å². The third kappa shape index (κ3) is 3.88. The number of aliphatic carboxylic acids is 1. The molecular formula is C15H18N2O4. The fourth-order valence-electron chi connectivity index (χ4n) is 2.48. The molecule has 0 bridgehead atoms. The summed E-state index contributed by atoms with van der Waals surface area (Å²) >= 11 is 0. The number of aliphatic hydroxyl groups excluding tert-OH is 1. The van der Waals surface area contributed by atoms with E-state index in [-0.39, 0.29) is 18.2 Å². The van der Waals surface area contributed by atoms with E-state index >= 15 is 0 Å². The van der Waals surface area contributed by atoms with Crippen LogP contribution in [0.25, 0.3) is 6.08 Å². The highest BCUT2D eigenvalue weighted by atomic mass is 16.4. The van der Waals surface area contributed by atoms with Crippen molar-refractivity contribution in [3.8, 4) is 0 Å². The predicted molar refractivity (Wildman–Crippen MR) is 76.6 cm³/mol. The van der Waals surface area contributed by atoms with Crippen LogP contribution < -0.4 is 0 Å². The van der Waals surface area contributed by atoms with Gasteiger partial charge in [0.1, 0.15) is 5.69 Å². The van der Waals surface area contributed by atoms with Gasteiger partial charge in [-0.05, 0) is 30.9 Å². The molecule has 0 aromatic carbocycles. The van der Waals surface area contributed by atoms with E-state index in [2.05, 4.69) is 4.98 Å². The summed E-state index contributed by atoms with van der Waals surface area (Å²) in [7, 11) is 0. The molecule has 2 rings (SSSR count). The van der Waals surface area contributed by atoms with Crippen molar-refractivity contribution in [3.63, 3.8) is 0 Å². The summed E-state index contributed by atoms with van der Waals surface area (Å²) in [5.74, 6) is -0.941. The SMILES string of the molecule is O=C(O)/C=C/c1cccnc1C(=O)N1CCC(CCO)C1. The molecular weight excluding hydrogens is 272 g/mol. The van der Waals surface area contributed by atoms with Crippen molar-refractivity contribution in [1.82, 2.24) is 9.88 Å². The summed E-state index contributed by atoms with van der Waals surface area (Å²) in [5, 5.41) is 17.6. The van der Waals surface area contributed by atoms with Gasteiger partial charge in [0.15, 0.2) is 0 Å². The maximum absolute atomic E-state index is 12.5. The Balaban J connectivity index is 2.14. The third-order valence-electron chi connectivity index (χ3n) is 3.56. The van der Waals surface area contributed by atoms with Crippen molar-refractivity contribution in [2.24, 2.45) is 5.92 Å². The molecule has 1 fully saturated rings. The van der Waals surface area contributed by atoms with E-state index in [4.69, 9.17) is 10.2 Å². The largest absolute Gasteiger partial charge is 0.478 e. The Hall–Kier alpha value is -2.21. The number of carboxylic acids is 1. The van der Waals surface area contributed by atoms with Gasteiger partial charge in [0.2, 0.25) is 0 Å². The number of carboxylic acid groups (broad SMARTS) is 1. The van der Waals surface area contributed by atoms with Crippen LogP contribution in [0.5, 0.6) is 0 Å². The Morgan fingerprint density at radius 3 is 3.00 bits per heavy atom. The van der Waals surface area contributed by atoms with Crippen molar-refractivity contribution in [2.45, 2.75) is 12.8 Å². The molecule has 1 aromatic rings. The van der Waals surface area contributed by atoms with Crippen LogP contribution in [0, 0.1) is 5.92 Å². The van der Waals surface area contributed by atoms with E-state index in [0.717, 1.165) is 12.5 Å². The summed E-state index contributed by atoms with van der Waals surface area (Å²) in [5.41, 5.74) is 0.759. The number of aromatic nitrogens is 1. The summed E-state index contributed by atoms with van der Waals surface area (Å²) in [6.45, 7) is 1.38. The van der Waals surface area contributed by atoms with Gasteiger partial charge in [0.05, 0.1) is 0 Å². The Labute approximate surface area is 122 Å². The maximum Gasteiger partial charge on any atom is 0.328 e. The molecule has 1 aliphatic rings. The van der Waals surface area contributed by atoms with Gasteiger partial charge in [-0.3, -0.25) is 9.78 Å². The zero-order chi connectivity index (χ0) is 15.2. The molecule has 1 atom stereocenters. The number of likely N-dealkylation sites (tertiary alicyclic amines) is 1. The van der Waals surface area contributed by atoms with E-state index in [1.807, 2.05) is 0 Å². The Bertz CT molecular complexity index is 556. The first-order valence-corrected chi connectivity index (χ1v) is 6.88. The van der Waals surface area contributed by atoms with Crippen LogP contribution in [0.1, 0.15) is 28.9 Å². The minimum atomic E-state index is -1.07. The van der Waals surface area contributed by atoms with Crippen molar-refractivity contribution in [3.05, 3.63) is 35.7 Å². The van der Waals surface area contributed by atoms with E-state index in [0.29, 0.717) is 31.0 Å². The molecule has 0 spiro atoms. The lowest BCUT2D eigenvalue weighted by atomic mass is 10.1. The minimum absolute atomic E-state index is 0.128. The molecule has 1 amide bonds. The number of carbonyl (C=O) groups excluding carboxylic acids is 1. The predicted octanol–water partition coefficient (Wildman–Crippen LogP) is 1.02. The number of hydrogen-bond acceptors (Lipinski definition) is 4. The van der Waals surface area contributed by atoms with Gasteiger partial charge < -0.3 is 15.1 Å². The number of carbonyl (C=O) groups is 2. The average molecular weight is 290 g/mol. The second-order valence-corrected chi connectivity index (χ2v) is 5.03. The normalized spacial score (nSPS) is 18.3. The second kappa shape index (κ2) is 6.99. The van der Waals surface area contributed by atoms with Crippen molar-refractivity contribution in [2.75, 3.05) is 19.7 Å². The quantitative estimate of drug-likeness (QED) is 0.790. The van der Waals surface area contributed by atoms with E-state index in [1.54, 1.807) is 17.0 Å². The molecule has 2 heterocycles. The molecule has 6 heteroatoms. The molecule has 0 radical (unpaired) electrons. The van der Waals surface area contributed by atoms with E-state index < -0.39 is 5.97 Å². The van der Waals surface area contributed by atoms with E-state index in [1.165, 1.54) is 12.3 Å².